The maximum atomic E-state index is 12.0. The zero-order chi connectivity index (χ0) is 17.7. The maximum absolute atomic E-state index is 12.0. The van der Waals surface area contributed by atoms with Gasteiger partial charge in [0.2, 0.25) is 5.91 Å². The fraction of sp³-hybridized carbons (Fsp3) is 0.412. The van der Waals surface area contributed by atoms with Crippen LogP contribution in [-0.4, -0.2) is 33.4 Å². The van der Waals surface area contributed by atoms with E-state index >= 15 is 0 Å². The van der Waals surface area contributed by atoms with Crippen molar-refractivity contribution in [3.8, 4) is 0 Å². The molecule has 2 aromatic rings. The molecule has 0 aliphatic carbocycles. The van der Waals surface area contributed by atoms with Crippen molar-refractivity contribution in [2.75, 3.05) is 6.54 Å². The van der Waals surface area contributed by atoms with E-state index in [-0.39, 0.29) is 11.8 Å². The Bertz CT molecular complexity index is 673. The number of hydrogen-bond donors (Lipinski definition) is 2. The van der Waals surface area contributed by atoms with Gasteiger partial charge < -0.3 is 10.7 Å². The Hall–Kier alpha value is -1.56. The smallest absolute Gasteiger partial charge is 0.235 e. The Labute approximate surface area is 152 Å². The molecule has 1 heterocycles. The molecule has 3 N–H and O–H groups in total. The van der Waals surface area contributed by atoms with Crippen LogP contribution < -0.4 is 5.73 Å². The topological polar surface area (TPSA) is 75.0 Å². The fourth-order valence-corrected chi connectivity index (χ4v) is 3.20. The molecule has 5 nitrogen and oxygen atoms in total. The van der Waals surface area contributed by atoms with Crippen LogP contribution in [0.5, 0.6) is 0 Å². The van der Waals surface area contributed by atoms with E-state index in [9.17, 15) is 4.79 Å². The maximum Gasteiger partial charge on any atom is 0.235 e. The molecule has 0 aliphatic heterocycles. The molecule has 0 fully saturated rings. The van der Waals surface area contributed by atoms with E-state index in [0.717, 1.165) is 11.4 Å². The third kappa shape index (κ3) is 4.72. The molecule has 2 rings (SSSR count). The highest BCUT2D eigenvalue weighted by Gasteiger charge is 2.27. The van der Waals surface area contributed by atoms with Crippen molar-refractivity contribution in [2.24, 2.45) is 11.7 Å². The van der Waals surface area contributed by atoms with Crippen molar-refractivity contribution >= 4 is 29.1 Å². The normalized spacial score (nSPS) is 12.8. The van der Waals surface area contributed by atoms with Crippen LogP contribution in [0.15, 0.2) is 30.6 Å². The van der Waals surface area contributed by atoms with Gasteiger partial charge >= 0.3 is 0 Å². The number of amides is 1. The van der Waals surface area contributed by atoms with Gasteiger partial charge in [0.05, 0.1) is 16.1 Å². The molecule has 24 heavy (non-hydrogen) atoms. The Balaban J connectivity index is 2.23. The number of primary amides is 1. The van der Waals surface area contributed by atoms with E-state index in [1.807, 2.05) is 30.9 Å². The van der Waals surface area contributed by atoms with Gasteiger partial charge in [-0.1, -0.05) is 49.2 Å². The second-order valence-electron chi connectivity index (χ2n) is 6.06. The summed E-state index contributed by atoms with van der Waals surface area (Å²) in [6.07, 6.45) is 4.17. The molecule has 0 saturated heterocycles. The Morgan fingerprint density at radius 3 is 2.71 bits per heavy atom. The molecule has 130 valence electrons. The molecule has 1 amide bonds. The Morgan fingerprint density at radius 2 is 2.12 bits per heavy atom. The van der Waals surface area contributed by atoms with E-state index in [1.165, 1.54) is 0 Å². The minimum Gasteiger partial charge on any atom is -0.368 e. The molecule has 7 heteroatoms. The fourth-order valence-electron chi connectivity index (χ4n) is 2.82. The molecule has 1 aromatic carbocycles. The van der Waals surface area contributed by atoms with Crippen LogP contribution in [0.3, 0.4) is 0 Å². The summed E-state index contributed by atoms with van der Waals surface area (Å²) in [7, 11) is 0. The lowest BCUT2D eigenvalue weighted by Crippen LogP contribution is -2.48. The zero-order valence-corrected chi connectivity index (χ0v) is 15.3. The van der Waals surface area contributed by atoms with Gasteiger partial charge in [-0.15, -0.1) is 0 Å². The summed E-state index contributed by atoms with van der Waals surface area (Å²) in [6, 6.07) is 5.11. The number of nitrogens with zero attached hydrogens (tertiary/aromatic N) is 2. The minimum absolute atomic E-state index is 0.0806. The van der Waals surface area contributed by atoms with Crippen molar-refractivity contribution in [3.63, 3.8) is 0 Å². The van der Waals surface area contributed by atoms with Gasteiger partial charge in [0.1, 0.15) is 5.82 Å². The van der Waals surface area contributed by atoms with E-state index in [4.69, 9.17) is 28.9 Å². The first-order chi connectivity index (χ1) is 11.4. The number of aromatic nitrogens is 2. The molecule has 0 aliphatic rings. The lowest BCUT2D eigenvalue weighted by Gasteiger charge is -2.32. The van der Waals surface area contributed by atoms with Crippen LogP contribution in [0.2, 0.25) is 10.0 Å². The minimum atomic E-state index is -0.394. The summed E-state index contributed by atoms with van der Waals surface area (Å²) < 4.78 is 0. The first-order valence-corrected chi connectivity index (χ1v) is 8.60. The summed E-state index contributed by atoms with van der Waals surface area (Å²) in [5, 5.41) is 1.01. The van der Waals surface area contributed by atoms with E-state index in [1.54, 1.807) is 18.5 Å². The predicted octanol–water partition coefficient (Wildman–Crippen LogP) is 3.27. The number of imidazole rings is 1. The molecule has 1 atom stereocenters. The van der Waals surface area contributed by atoms with E-state index in [0.29, 0.717) is 29.6 Å². The second kappa shape index (κ2) is 8.51. The van der Waals surface area contributed by atoms with Crippen LogP contribution in [-0.2, 0) is 17.8 Å². The Morgan fingerprint density at radius 1 is 1.38 bits per heavy atom. The van der Waals surface area contributed by atoms with Gasteiger partial charge in [0.15, 0.2) is 0 Å². The molecule has 0 radical (unpaired) electrons. The van der Waals surface area contributed by atoms with Crippen molar-refractivity contribution in [2.45, 2.75) is 32.9 Å². The monoisotopic (exact) mass is 368 g/mol. The number of carbonyl (C=O) groups is 1. The van der Waals surface area contributed by atoms with Gasteiger partial charge in [0.25, 0.3) is 0 Å². The summed E-state index contributed by atoms with van der Waals surface area (Å²) in [5.74, 6) is 0.601. The number of H-pyrrole nitrogens is 1. The number of hydrogen-bond acceptors (Lipinski definition) is 3. The summed E-state index contributed by atoms with van der Waals surface area (Å²) in [6.45, 7) is 5.08. The van der Waals surface area contributed by atoms with E-state index in [2.05, 4.69) is 9.97 Å². The van der Waals surface area contributed by atoms with Crippen LogP contribution in [0.25, 0.3) is 0 Å². The highest BCUT2D eigenvalue weighted by molar-refractivity contribution is 6.42. The van der Waals surface area contributed by atoms with Crippen LogP contribution in [0.1, 0.15) is 25.2 Å². The van der Waals surface area contributed by atoms with Gasteiger partial charge in [0, 0.05) is 31.9 Å². The third-order valence-electron chi connectivity index (χ3n) is 3.91. The molecule has 0 bridgehead atoms. The van der Waals surface area contributed by atoms with Crippen LogP contribution >= 0.6 is 23.2 Å². The first kappa shape index (κ1) is 18.8. The average molecular weight is 369 g/mol. The number of rotatable bonds is 8. The van der Waals surface area contributed by atoms with Crippen molar-refractivity contribution in [1.82, 2.24) is 14.9 Å². The SMILES string of the molecule is CC(C)[C@@H](C(N)=O)N(CCc1ncc[nH]1)Cc1cccc(Cl)c1Cl. The number of nitrogens with two attached hydrogens (primary N) is 1. The van der Waals surface area contributed by atoms with Crippen LogP contribution in [0, 0.1) is 5.92 Å². The quantitative estimate of drug-likeness (QED) is 0.750. The van der Waals surface area contributed by atoms with Gasteiger partial charge in [-0.2, -0.15) is 0 Å². The molecular weight excluding hydrogens is 347 g/mol. The summed E-state index contributed by atoms with van der Waals surface area (Å²) >= 11 is 12.4. The van der Waals surface area contributed by atoms with Crippen molar-refractivity contribution in [3.05, 3.63) is 52.0 Å². The molecule has 1 aromatic heterocycles. The highest BCUT2D eigenvalue weighted by atomic mass is 35.5. The highest BCUT2D eigenvalue weighted by Crippen LogP contribution is 2.27. The largest absolute Gasteiger partial charge is 0.368 e. The summed E-state index contributed by atoms with van der Waals surface area (Å²) in [5.41, 5.74) is 6.52. The van der Waals surface area contributed by atoms with E-state index < -0.39 is 6.04 Å². The van der Waals surface area contributed by atoms with Crippen LogP contribution in [0.4, 0.5) is 0 Å². The number of halogens is 2. The average Bonchev–Trinajstić information content (AvgIpc) is 3.02. The van der Waals surface area contributed by atoms with Gasteiger partial charge in [-0.3, -0.25) is 9.69 Å². The first-order valence-electron chi connectivity index (χ1n) is 7.84. The number of aromatic amines is 1. The molecule has 0 saturated carbocycles. The molecule has 0 unspecified atom stereocenters. The summed E-state index contributed by atoms with van der Waals surface area (Å²) in [4.78, 5) is 21.3. The number of carbonyl (C=O) groups excluding carboxylic acids is 1. The third-order valence-corrected chi connectivity index (χ3v) is 4.77. The van der Waals surface area contributed by atoms with Crippen molar-refractivity contribution < 1.29 is 4.79 Å². The standard InChI is InChI=1S/C17H22Cl2N4O/c1-11(2)16(17(20)24)23(9-6-14-21-7-8-22-14)10-12-4-3-5-13(18)15(12)19/h3-5,7-8,11,16H,6,9-10H2,1-2H3,(H2,20,24)(H,21,22)/t16-/m0/s1. The van der Waals surface area contributed by atoms with Crippen molar-refractivity contribution in [1.29, 1.82) is 0 Å². The number of benzene rings is 1. The zero-order valence-electron chi connectivity index (χ0n) is 13.8. The molecule has 0 spiro atoms. The molecular formula is C17H22Cl2N4O. The second-order valence-corrected chi connectivity index (χ2v) is 6.85. The lowest BCUT2D eigenvalue weighted by atomic mass is 10.0. The van der Waals surface area contributed by atoms with Gasteiger partial charge in [-0.25, -0.2) is 4.98 Å². The lowest BCUT2D eigenvalue weighted by molar-refractivity contribution is -0.125. The predicted molar refractivity (Wildman–Crippen MR) is 97.0 cm³/mol. The number of nitrogens with one attached hydrogen (secondary N) is 1. The Kier molecular flexibility index (Phi) is 6.66. The van der Waals surface area contributed by atoms with Gasteiger partial charge in [-0.05, 0) is 17.5 Å².